The molecule has 1 aromatic carbocycles. The van der Waals surface area contributed by atoms with E-state index in [0.29, 0.717) is 24.5 Å². The molecular weight excluding hydrogens is 234 g/mol. The monoisotopic (exact) mass is 251 g/mol. The van der Waals surface area contributed by atoms with Gasteiger partial charge in [-0.1, -0.05) is 0 Å². The molecule has 0 spiro atoms. The maximum absolute atomic E-state index is 11.5. The Kier molecular flexibility index (Phi) is 4.01. The Balaban J connectivity index is 2.11. The Labute approximate surface area is 106 Å². The molecule has 1 aliphatic rings. The Hall–Kier alpha value is -1.79. The van der Waals surface area contributed by atoms with Gasteiger partial charge in [0.15, 0.2) is 0 Å². The Morgan fingerprint density at radius 3 is 2.83 bits per heavy atom. The first kappa shape index (κ1) is 12.7. The minimum Gasteiger partial charge on any atom is -0.465 e. The van der Waals surface area contributed by atoms with Gasteiger partial charge in [-0.15, -0.1) is 0 Å². The summed E-state index contributed by atoms with van der Waals surface area (Å²) >= 11 is 0. The highest BCUT2D eigenvalue weighted by Gasteiger charge is 2.13. The van der Waals surface area contributed by atoms with E-state index in [4.69, 9.17) is 10.5 Å². The summed E-state index contributed by atoms with van der Waals surface area (Å²) in [6.45, 7) is 3.01. The van der Waals surface area contributed by atoms with Crippen LogP contribution in [0.4, 0.5) is 11.4 Å². The summed E-state index contributed by atoms with van der Waals surface area (Å²) in [5.74, 6) is -0.432. The molecule has 98 valence electrons. The first-order valence-corrected chi connectivity index (χ1v) is 5.78. The number of carbonyl (C=O) groups is 1. The molecule has 2 rings (SSSR count). The molecule has 0 unspecified atom stereocenters. The summed E-state index contributed by atoms with van der Waals surface area (Å²) in [4.78, 5) is 11.5. The second-order valence-corrected chi connectivity index (χ2v) is 4.00. The molecule has 6 heteroatoms. The fourth-order valence-corrected chi connectivity index (χ4v) is 1.77. The van der Waals surface area contributed by atoms with Crippen molar-refractivity contribution >= 4 is 17.3 Å². The number of ether oxygens (including phenoxy) is 2. The number of anilines is 2. The number of nitrogens with zero attached hydrogens (tertiary/aromatic N) is 1. The average molecular weight is 251 g/mol. The highest BCUT2D eigenvalue weighted by molar-refractivity contribution is 5.96. The third kappa shape index (κ3) is 2.91. The van der Waals surface area contributed by atoms with Crippen molar-refractivity contribution in [3.05, 3.63) is 23.8 Å². The normalized spacial score (nSPS) is 16.3. The van der Waals surface area contributed by atoms with Crippen LogP contribution in [0.2, 0.25) is 0 Å². The molecular formula is C12H17N3O3. The summed E-state index contributed by atoms with van der Waals surface area (Å²) in [5.41, 5.74) is 10.5. The van der Waals surface area contributed by atoms with Gasteiger partial charge in [-0.25, -0.2) is 9.80 Å². The van der Waals surface area contributed by atoms with E-state index in [2.05, 4.69) is 10.2 Å². The van der Waals surface area contributed by atoms with Gasteiger partial charge in [0, 0.05) is 24.5 Å². The SMILES string of the molecule is COC(=O)c1cc(NN2CCOCC2)ccc1N. The fraction of sp³-hybridized carbons (Fsp3) is 0.417. The number of nitrogens with one attached hydrogen (secondary N) is 1. The molecule has 6 nitrogen and oxygen atoms in total. The van der Waals surface area contributed by atoms with Crippen LogP contribution >= 0.6 is 0 Å². The standard InChI is InChI=1S/C12H17N3O3/c1-17-12(16)10-8-9(2-3-11(10)13)14-15-4-6-18-7-5-15/h2-3,8,14H,4-7,13H2,1H3. The molecule has 0 radical (unpaired) electrons. The highest BCUT2D eigenvalue weighted by atomic mass is 16.5. The van der Waals surface area contributed by atoms with Gasteiger partial charge in [0.1, 0.15) is 0 Å². The summed E-state index contributed by atoms with van der Waals surface area (Å²) in [6.07, 6.45) is 0. The molecule has 0 amide bonds. The number of nitrogens with two attached hydrogens (primary N) is 1. The van der Waals surface area contributed by atoms with E-state index in [1.165, 1.54) is 7.11 Å². The molecule has 18 heavy (non-hydrogen) atoms. The first-order valence-electron chi connectivity index (χ1n) is 5.78. The van der Waals surface area contributed by atoms with E-state index >= 15 is 0 Å². The minimum atomic E-state index is -0.432. The van der Waals surface area contributed by atoms with E-state index in [1.54, 1.807) is 12.1 Å². The van der Waals surface area contributed by atoms with E-state index in [0.717, 1.165) is 18.8 Å². The van der Waals surface area contributed by atoms with E-state index in [9.17, 15) is 4.79 Å². The van der Waals surface area contributed by atoms with Crippen molar-refractivity contribution in [1.29, 1.82) is 0 Å². The zero-order valence-corrected chi connectivity index (χ0v) is 10.3. The van der Waals surface area contributed by atoms with Crippen molar-refractivity contribution in [3.8, 4) is 0 Å². The van der Waals surface area contributed by atoms with Gasteiger partial charge >= 0.3 is 5.97 Å². The van der Waals surface area contributed by atoms with Crippen LogP contribution in [0.5, 0.6) is 0 Å². The van der Waals surface area contributed by atoms with Crippen molar-refractivity contribution in [2.45, 2.75) is 0 Å². The van der Waals surface area contributed by atoms with Gasteiger partial charge in [0.25, 0.3) is 0 Å². The number of nitrogen functional groups attached to an aromatic ring is 1. The third-order valence-corrected chi connectivity index (χ3v) is 2.76. The maximum Gasteiger partial charge on any atom is 0.340 e. The summed E-state index contributed by atoms with van der Waals surface area (Å²) in [5, 5.41) is 2.04. The molecule has 1 fully saturated rings. The van der Waals surface area contributed by atoms with Crippen LogP contribution < -0.4 is 11.2 Å². The lowest BCUT2D eigenvalue weighted by Gasteiger charge is -2.28. The van der Waals surface area contributed by atoms with Crippen LogP contribution in [0.25, 0.3) is 0 Å². The number of benzene rings is 1. The van der Waals surface area contributed by atoms with Gasteiger partial charge in [-0.05, 0) is 18.2 Å². The molecule has 0 bridgehead atoms. The van der Waals surface area contributed by atoms with Gasteiger partial charge < -0.3 is 20.6 Å². The van der Waals surface area contributed by atoms with Gasteiger partial charge in [-0.3, -0.25) is 0 Å². The Morgan fingerprint density at radius 2 is 2.17 bits per heavy atom. The molecule has 1 aromatic rings. The van der Waals surface area contributed by atoms with Crippen LogP contribution in [0, 0.1) is 0 Å². The van der Waals surface area contributed by atoms with E-state index in [1.807, 2.05) is 11.1 Å². The van der Waals surface area contributed by atoms with Crippen molar-refractivity contribution in [2.75, 3.05) is 44.6 Å². The predicted octanol–water partition coefficient (Wildman–Crippen LogP) is 0.714. The van der Waals surface area contributed by atoms with Crippen molar-refractivity contribution in [1.82, 2.24) is 5.01 Å². The molecule has 1 aliphatic heterocycles. The summed E-state index contributed by atoms with van der Waals surface area (Å²) in [6, 6.07) is 5.21. The molecule has 1 heterocycles. The number of hydrazine groups is 1. The number of carbonyl (C=O) groups excluding carboxylic acids is 1. The van der Waals surface area contributed by atoms with Crippen molar-refractivity contribution in [2.24, 2.45) is 0 Å². The lowest BCUT2D eigenvalue weighted by molar-refractivity contribution is 0.0496. The van der Waals surface area contributed by atoms with Crippen LogP contribution in [-0.2, 0) is 9.47 Å². The largest absolute Gasteiger partial charge is 0.465 e. The van der Waals surface area contributed by atoms with Crippen LogP contribution in [0.3, 0.4) is 0 Å². The minimum absolute atomic E-state index is 0.371. The quantitative estimate of drug-likeness (QED) is 0.608. The van der Waals surface area contributed by atoms with Crippen molar-refractivity contribution < 1.29 is 14.3 Å². The fourth-order valence-electron chi connectivity index (χ4n) is 1.77. The van der Waals surface area contributed by atoms with E-state index in [-0.39, 0.29) is 0 Å². The Bertz CT molecular complexity index is 431. The highest BCUT2D eigenvalue weighted by Crippen LogP contribution is 2.19. The molecule has 0 atom stereocenters. The topological polar surface area (TPSA) is 76.8 Å². The molecule has 1 saturated heterocycles. The van der Waals surface area contributed by atoms with Crippen LogP contribution in [0.15, 0.2) is 18.2 Å². The lowest BCUT2D eigenvalue weighted by atomic mass is 10.1. The molecule has 0 aromatic heterocycles. The van der Waals surface area contributed by atoms with Gasteiger partial charge in [0.2, 0.25) is 0 Å². The zero-order valence-electron chi connectivity index (χ0n) is 10.3. The number of hydrogen-bond acceptors (Lipinski definition) is 6. The zero-order chi connectivity index (χ0) is 13.0. The molecule has 0 saturated carbocycles. The van der Waals surface area contributed by atoms with Gasteiger partial charge in [-0.2, -0.15) is 0 Å². The number of morpholine rings is 1. The lowest BCUT2D eigenvalue weighted by Crippen LogP contribution is -2.40. The third-order valence-electron chi connectivity index (χ3n) is 2.76. The van der Waals surface area contributed by atoms with E-state index < -0.39 is 5.97 Å². The second-order valence-electron chi connectivity index (χ2n) is 4.00. The number of rotatable bonds is 3. The first-order chi connectivity index (χ1) is 8.70. The number of hydrogen-bond donors (Lipinski definition) is 2. The van der Waals surface area contributed by atoms with Gasteiger partial charge in [0.05, 0.1) is 25.9 Å². The van der Waals surface area contributed by atoms with Crippen LogP contribution in [0.1, 0.15) is 10.4 Å². The summed E-state index contributed by atoms with van der Waals surface area (Å²) in [7, 11) is 1.34. The van der Waals surface area contributed by atoms with Crippen LogP contribution in [-0.4, -0.2) is 44.4 Å². The number of methoxy groups -OCH3 is 1. The maximum atomic E-state index is 11.5. The average Bonchev–Trinajstić information content (AvgIpc) is 2.41. The summed E-state index contributed by atoms with van der Waals surface area (Å²) < 4.78 is 9.94. The van der Waals surface area contributed by atoms with Crippen molar-refractivity contribution in [3.63, 3.8) is 0 Å². The predicted molar refractivity (Wildman–Crippen MR) is 68.2 cm³/mol. The number of esters is 1. The molecule has 0 aliphatic carbocycles. The molecule has 3 N–H and O–H groups in total. The smallest absolute Gasteiger partial charge is 0.340 e. The second kappa shape index (κ2) is 5.70. The Morgan fingerprint density at radius 1 is 1.44 bits per heavy atom.